The minimum absolute atomic E-state index is 0.0644. The van der Waals surface area contributed by atoms with E-state index in [1.165, 1.54) is 0 Å². The molecule has 0 bridgehead atoms. The van der Waals surface area contributed by atoms with Gasteiger partial charge in [-0.3, -0.25) is 4.79 Å². The predicted molar refractivity (Wildman–Crippen MR) is 87.2 cm³/mol. The second-order valence-electron chi connectivity index (χ2n) is 4.88. The lowest BCUT2D eigenvalue weighted by Gasteiger charge is -2.14. The highest BCUT2D eigenvalue weighted by Gasteiger charge is 2.11. The largest absolute Gasteiger partial charge is 0.384 e. The minimum Gasteiger partial charge on any atom is -0.384 e. The third kappa shape index (κ3) is 5.82. The van der Waals surface area contributed by atoms with Crippen molar-refractivity contribution in [1.82, 2.24) is 10.3 Å². The van der Waals surface area contributed by atoms with Crippen molar-refractivity contribution in [3.63, 3.8) is 0 Å². The van der Waals surface area contributed by atoms with Crippen molar-refractivity contribution >= 4 is 23.5 Å². The van der Waals surface area contributed by atoms with Crippen LogP contribution in [0.25, 0.3) is 0 Å². The van der Waals surface area contributed by atoms with Gasteiger partial charge in [-0.1, -0.05) is 20.3 Å². The molecule has 0 aliphatic heterocycles. The first-order valence-corrected chi connectivity index (χ1v) is 8.37. The third-order valence-electron chi connectivity index (χ3n) is 2.94. The second-order valence-corrected chi connectivity index (χ2v) is 6.28. The Morgan fingerprint density at radius 3 is 2.85 bits per heavy atom. The summed E-state index contributed by atoms with van der Waals surface area (Å²) in [5, 5.41) is 3.02. The van der Waals surface area contributed by atoms with Crippen molar-refractivity contribution in [2.45, 2.75) is 46.1 Å². The maximum atomic E-state index is 12.2. The van der Waals surface area contributed by atoms with Crippen LogP contribution in [0.1, 0.15) is 49.7 Å². The molecule has 0 spiro atoms. The lowest BCUT2D eigenvalue weighted by molar-refractivity contribution is 0.0939. The van der Waals surface area contributed by atoms with E-state index < -0.39 is 0 Å². The highest BCUT2D eigenvalue weighted by Crippen LogP contribution is 2.11. The number of hydrogen-bond donors (Lipinski definition) is 2. The van der Waals surface area contributed by atoms with Crippen LogP contribution in [0.5, 0.6) is 0 Å². The van der Waals surface area contributed by atoms with Crippen LogP contribution in [0.15, 0.2) is 12.1 Å². The molecular weight excluding hydrogens is 270 g/mol. The maximum Gasteiger partial charge on any atom is 0.251 e. The average molecular weight is 295 g/mol. The molecule has 1 aromatic rings. The van der Waals surface area contributed by atoms with Gasteiger partial charge in [0.1, 0.15) is 5.82 Å². The summed E-state index contributed by atoms with van der Waals surface area (Å²) in [6, 6.07) is 3.65. The van der Waals surface area contributed by atoms with Crippen LogP contribution in [0.2, 0.25) is 0 Å². The summed E-state index contributed by atoms with van der Waals surface area (Å²) in [5.41, 5.74) is 7.25. The van der Waals surface area contributed by atoms with Gasteiger partial charge in [0.05, 0.1) is 0 Å². The van der Waals surface area contributed by atoms with E-state index >= 15 is 0 Å². The number of amides is 1. The van der Waals surface area contributed by atoms with Gasteiger partial charge in [0.2, 0.25) is 0 Å². The zero-order chi connectivity index (χ0) is 15.0. The summed E-state index contributed by atoms with van der Waals surface area (Å²) in [6.45, 7) is 6.26. The summed E-state index contributed by atoms with van der Waals surface area (Å²) < 4.78 is 0. The fourth-order valence-electron chi connectivity index (χ4n) is 1.91. The van der Waals surface area contributed by atoms with Gasteiger partial charge in [-0.05, 0) is 43.4 Å². The number of nitrogens with zero attached hydrogens (tertiary/aromatic N) is 1. The molecule has 1 heterocycles. The molecular formula is C15H25N3OS. The fourth-order valence-corrected chi connectivity index (χ4v) is 2.72. The van der Waals surface area contributed by atoms with E-state index in [1.807, 2.05) is 24.8 Å². The Balaban J connectivity index is 2.62. The first kappa shape index (κ1) is 16.8. The van der Waals surface area contributed by atoms with Crippen molar-refractivity contribution in [3.05, 3.63) is 23.4 Å². The third-order valence-corrected chi connectivity index (χ3v) is 3.88. The van der Waals surface area contributed by atoms with Crippen LogP contribution < -0.4 is 11.1 Å². The molecule has 5 heteroatoms. The lowest BCUT2D eigenvalue weighted by atomic mass is 10.1. The van der Waals surface area contributed by atoms with Crippen molar-refractivity contribution in [1.29, 1.82) is 0 Å². The van der Waals surface area contributed by atoms with Crippen LogP contribution in [0, 0.1) is 0 Å². The topological polar surface area (TPSA) is 68.0 Å². The molecule has 112 valence electrons. The Morgan fingerprint density at radius 2 is 2.20 bits per heavy atom. The number of aromatic nitrogens is 1. The van der Waals surface area contributed by atoms with Crippen LogP contribution in [-0.2, 0) is 6.42 Å². The summed E-state index contributed by atoms with van der Waals surface area (Å²) in [5.74, 6) is 2.53. The first-order valence-electron chi connectivity index (χ1n) is 7.21. The SMILES string of the molecule is CCCc1cc(C(=O)NC(C)CCSCC)cc(N)n1. The fraction of sp³-hybridized carbons (Fsp3) is 0.600. The standard InChI is InChI=1S/C15H25N3OS/c1-4-6-13-9-12(10-14(16)18-13)15(19)17-11(3)7-8-20-5-2/h9-11H,4-8H2,1-3H3,(H2,16,18)(H,17,19). The van der Waals surface area contributed by atoms with Crippen molar-refractivity contribution in [2.75, 3.05) is 17.2 Å². The lowest BCUT2D eigenvalue weighted by Crippen LogP contribution is -2.33. The molecule has 0 radical (unpaired) electrons. The first-order chi connectivity index (χ1) is 9.56. The number of hydrogen-bond acceptors (Lipinski definition) is 4. The highest BCUT2D eigenvalue weighted by atomic mass is 32.2. The quantitative estimate of drug-likeness (QED) is 0.724. The Hall–Kier alpha value is -1.23. The molecule has 1 amide bonds. The molecule has 1 rings (SSSR count). The normalized spacial score (nSPS) is 12.2. The Labute approximate surface area is 125 Å². The molecule has 0 fully saturated rings. The second kappa shape index (κ2) is 8.84. The molecule has 0 saturated carbocycles. The molecule has 0 aliphatic rings. The maximum absolute atomic E-state index is 12.2. The molecule has 1 aromatic heterocycles. The van der Waals surface area contributed by atoms with E-state index in [0.29, 0.717) is 11.4 Å². The van der Waals surface area contributed by atoms with E-state index in [0.717, 1.165) is 36.5 Å². The Bertz CT molecular complexity index is 437. The van der Waals surface area contributed by atoms with Gasteiger partial charge < -0.3 is 11.1 Å². The minimum atomic E-state index is -0.0644. The molecule has 0 aromatic carbocycles. The monoisotopic (exact) mass is 295 g/mol. The molecule has 1 atom stereocenters. The number of thioether (sulfide) groups is 1. The van der Waals surface area contributed by atoms with Gasteiger partial charge in [0.15, 0.2) is 0 Å². The van der Waals surface area contributed by atoms with Crippen molar-refractivity contribution in [2.24, 2.45) is 0 Å². The van der Waals surface area contributed by atoms with E-state index in [1.54, 1.807) is 6.07 Å². The molecule has 20 heavy (non-hydrogen) atoms. The van der Waals surface area contributed by atoms with Crippen molar-refractivity contribution < 1.29 is 4.79 Å². The molecule has 0 aliphatic carbocycles. The van der Waals surface area contributed by atoms with Crippen LogP contribution >= 0.6 is 11.8 Å². The van der Waals surface area contributed by atoms with E-state index in [9.17, 15) is 4.79 Å². The van der Waals surface area contributed by atoms with E-state index in [4.69, 9.17) is 5.73 Å². The zero-order valence-corrected chi connectivity index (χ0v) is 13.4. The number of nitrogens with two attached hydrogens (primary N) is 1. The smallest absolute Gasteiger partial charge is 0.251 e. The summed E-state index contributed by atoms with van der Waals surface area (Å²) >= 11 is 1.89. The van der Waals surface area contributed by atoms with Gasteiger partial charge in [-0.15, -0.1) is 0 Å². The summed E-state index contributed by atoms with van der Waals surface area (Å²) in [4.78, 5) is 16.4. The van der Waals surface area contributed by atoms with Gasteiger partial charge in [0, 0.05) is 17.3 Å². The summed E-state index contributed by atoms with van der Waals surface area (Å²) in [7, 11) is 0. The number of aryl methyl sites for hydroxylation is 1. The molecule has 3 N–H and O–H groups in total. The van der Waals surface area contributed by atoms with Gasteiger partial charge in [-0.2, -0.15) is 11.8 Å². The van der Waals surface area contributed by atoms with Crippen molar-refractivity contribution in [3.8, 4) is 0 Å². The number of carbonyl (C=O) groups is 1. The van der Waals surface area contributed by atoms with Gasteiger partial charge in [-0.25, -0.2) is 4.98 Å². The molecule has 4 nitrogen and oxygen atoms in total. The number of pyridine rings is 1. The Kier molecular flexibility index (Phi) is 7.44. The van der Waals surface area contributed by atoms with Crippen LogP contribution in [-0.4, -0.2) is 28.4 Å². The van der Waals surface area contributed by atoms with Gasteiger partial charge in [0.25, 0.3) is 5.91 Å². The predicted octanol–water partition coefficient (Wildman–Crippen LogP) is 2.88. The Morgan fingerprint density at radius 1 is 1.45 bits per heavy atom. The van der Waals surface area contributed by atoms with E-state index in [2.05, 4.69) is 24.1 Å². The number of nitrogens with one attached hydrogen (secondary N) is 1. The molecule has 1 unspecified atom stereocenters. The number of rotatable bonds is 8. The van der Waals surface area contributed by atoms with Gasteiger partial charge >= 0.3 is 0 Å². The number of carbonyl (C=O) groups excluding carboxylic acids is 1. The highest BCUT2D eigenvalue weighted by molar-refractivity contribution is 7.99. The summed E-state index contributed by atoms with van der Waals surface area (Å²) in [6.07, 6.45) is 2.81. The van der Waals surface area contributed by atoms with E-state index in [-0.39, 0.29) is 11.9 Å². The van der Waals surface area contributed by atoms with Crippen LogP contribution in [0.4, 0.5) is 5.82 Å². The molecule has 0 saturated heterocycles. The van der Waals surface area contributed by atoms with Crippen LogP contribution in [0.3, 0.4) is 0 Å². The average Bonchev–Trinajstić information content (AvgIpc) is 2.38. The number of anilines is 1. The zero-order valence-electron chi connectivity index (χ0n) is 12.6. The number of nitrogen functional groups attached to an aromatic ring is 1.